The van der Waals surface area contributed by atoms with Crippen molar-refractivity contribution in [2.24, 2.45) is 0 Å². The summed E-state index contributed by atoms with van der Waals surface area (Å²) in [5, 5.41) is 3.68. The predicted octanol–water partition coefficient (Wildman–Crippen LogP) is 3.14. The molecule has 7 heteroatoms. The third-order valence-electron chi connectivity index (χ3n) is 5.14. The van der Waals surface area contributed by atoms with E-state index in [-0.39, 0.29) is 22.6 Å². The van der Waals surface area contributed by atoms with Gasteiger partial charge in [0.1, 0.15) is 11.5 Å². The lowest BCUT2D eigenvalue weighted by Crippen LogP contribution is -2.31. The van der Waals surface area contributed by atoms with Crippen molar-refractivity contribution in [3.8, 4) is 0 Å². The van der Waals surface area contributed by atoms with E-state index in [1.807, 2.05) is 25.1 Å². The number of aryl methyl sites for hydroxylation is 1. The van der Waals surface area contributed by atoms with Gasteiger partial charge in [-0.2, -0.15) is 0 Å². The molecule has 0 saturated carbocycles. The number of rotatable bonds is 2. The van der Waals surface area contributed by atoms with Gasteiger partial charge < -0.3 is 4.90 Å². The molecule has 2 aromatic rings. The van der Waals surface area contributed by atoms with Crippen LogP contribution in [-0.4, -0.2) is 39.9 Å². The molecule has 0 aliphatic carbocycles. The lowest BCUT2D eigenvalue weighted by Gasteiger charge is -2.29. The number of aromatic nitrogens is 1. The van der Waals surface area contributed by atoms with Gasteiger partial charge in [0.25, 0.3) is 5.91 Å². The molecule has 144 valence electrons. The maximum Gasteiger partial charge on any atom is 0.274 e. The summed E-state index contributed by atoms with van der Waals surface area (Å²) in [6.07, 6.45) is 5.19. The van der Waals surface area contributed by atoms with Crippen molar-refractivity contribution >= 4 is 51.9 Å². The van der Waals surface area contributed by atoms with Gasteiger partial charge in [0, 0.05) is 31.0 Å². The Morgan fingerprint density at radius 3 is 2.68 bits per heavy atom. The highest BCUT2D eigenvalue weighted by molar-refractivity contribution is 7.80. The summed E-state index contributed by atoms with van der Waals surface area (Å²) in [6, 6.07) is 8.19. The summed E-state index contributed by atoms with van der Waals surface area (Å²) >= 11 is 5.15. The van der Waals surface area contributed by atoms with Gasteiger partial charge in [0.15, 0.2) is 5.11 Å². The summed E-state index contributed by atoms with van der Waals surface area (Å²) in [6.45, 7) is 5.30. The van der Waals surface area contributed by atoms with E-state index in [1.165, 1.54) is 18.2 Å². The van der Waals surface area contributed by atoms with Gasteiger partial charge in [-0.25, -0.2) is 4.98 Å². The van der Waals surface area contributed by atoms with Crippen LogP contribution < -0.4 is 10.2 Å². The number of amides is 2. The fraction of sp³-hybridized carbons (Fsp3) is 0.333. The minimum Gasteiger partial charge on any atom is -0.356 e. The Kier molecular flexibility index (Phi) is 4.85. The van der Waals surface area contributed by atoms with E-state index in [4.69, 9.17) is 17.2 Å². The molecule has 0 bridgehead atoms. The van der Waals surface area contributed by atoms with Crippen molar-refractivity contribution in [3.05, 3.63) is 41.1 Å². The molecule has 4 rings (SSSR count). The number of anilines is 1. The van der Waals surface area contributed by atoms with E-state index in [1.54, 1.807) is 6.08 Å². The summed E-state index contributed by atoms with van der Waals surface area (Å²) < 4.78 is 0. The lowest BCUT2D eigenvalue weighted by atomic mass is 10.1. The number of nitrogens with zero attached hydrogens (tertiary/aromatic N) is 3. The molecule has 0 radical (unpaired) electrons. The zero-order valence-corrected chi connectivity index (χ0v) is 16.8. The number of hydrogen-bond acceptors (Lipinski definition) is 5. The fourth-order valence-corrected chi connectivity index (χ4v) is 4.10. The van der Waals surface area contributed by atoms with E-state index in [0.717, 1.165) is 53.8 Å². The van der Waals surface area contributed by atoms with Crippen LogP contribution in [0.25, 0.3) is 17.0 Å². The first-order chi connectivity index (χ1) is 13.4. The summed E-state index contributed by atoms with van der Waals surface area (Å²) in [4.78, 5) is 32.9. The van der Waals surface area contributed by atoms with Crippen LogP contribution >= 0.6 is 12.2 Å². The molecule has 3 heterocycles. The van der Waals surface area contributed by atoms with Gasteiger partial charge in [-0.3, -0.25) is 19.8 Å². The number of nitrogens with one attached hydrogen (secondary N) is 1. The Morgan fingerprint density at radius 2 is 1.96 bits per heavy atom. The smallest absolute Gasteiger partial charge is 0.274 e. The Labute approximate surface area is 169 Å². The van der Waals surface area contributed by atoms with Gasteiger partial charge in [-0.05, 0) is 62.7 Å². The van der Waals surface area contributed by atoms with Crippen LogP contribution in [0.15, 0.2) is 30.0 Å². The van der Waals surface area contributed by atoms with Crippen LogP contribution in [0.1, 0.15) is 37.3 Å². The number of fused-ring (bicyclic) bond motifs is 1. The number of thiocarbonyl (C=S) groups is 1. The highest BCUT2D eigenvalue weighted by Gasteiger charge is 2.33. The third-order valence-corrected chi connectivity index (χ3v) is 5.42. The van der Waals surface area contributed by atoms with Gasteiger partial charge in [-0.1, -0.05) is 11.6 Å². The van der Waals surface area contributed by atoms with E-state index < -0.39 is 0 Å². The molecule has 2 amide bonds. The lowest BCUT2D eigenvalue weighted by molar-refractivity contribution is -0.125. The van der Waals surface area contributed by atoms with Crippen LogP contribution in [0, 0.1) is 6.92 Å². The topological polar surface area (TPSA) is 65.5 Å². The SMILES string of the molecule is CC(=O)N1C(=S)NC(=O)/C1=C/c1cc2cc(C)ccc2nc1N1CCCCC1. The first-order valence-electron chi connectivity index (χ1n) is 9.48. The normalized spacial score (nSPS) is 18.9. The van der Waals surface area contributed by atoms with Crippen LogP contribution in [-0.2, 0) is 9.59 Å². The van der Waals surface area contributed by atoms with Gasteiger partial charge >= 0.3 is 0 Å². The Morgan fingerprint density at radius 1 is 1.21 bits per heavy atom. The Hall–Kier alpha value is -2.80. The first kappa shape index (κ1) is 18.6. The van der Waals surface area contributed by atoms with Crippen molar-refractivity contribution in [3.63, 3.8) is 0 Å². The number of carbonyl (C=O) groups is 2. The van der Waals surface area contributed by atoms with E-state index in [2.05, 4.69) is 16.3 Å². The Bertz CT molecular complexity index is 1020. The molecular weight excluding hydrogens is 372 g/mol. The molecule has 2 saturated heterocycles. The fourth-order valence-electron chi connectivity index (χ4n) is 3.79. The van der Waals surface area contributed by atoms with Gasteiger partial charge in [0.05, 0.1) is 5.52 Å². The molecule has 0 unspecified atom stereocenters. The number of carbonyl (C=O) groups excluding carboxylic acids is 2. The maximum atomic E-state index is 12.4. The van der Waals surface area contributed by atoms with Crippen molar-refractivity contribution in [2.45, 2.75) is 33.1 Å². The van der Waals surface area contributed by atoms with E-state index in [0.29, 0.717) is 0 Å². The number of benzene rings is 1. The molecule has 1 aromatic heterocycles. The second kappa shape index (κ2) is 7.31. The molecule has 0 spiro atoms. The minimum atomic E-state index is -0.367. The molecule has 6 nitrogen and oxygen atoms in total. The van der Waals surface area contributed by atoms with E-state index >= 15 is 0 Å². The highest BCUT2D eigenvalue weighted by Crippen LogP contribution is 2.30. The largest absolute Gasteiger partial charge is 0.356 e. The molecule has 1 N–H and O–H groups in total. The zero-order chi connectivity index (χ0) is 19.8. The van der Waals surface area contributed by atoms with Crippen LogP contribution in [0.4, 0.5) is 5.82 Å². The molecule has 2 fully saturated rings. The Balaban J connectivity index is 1.89. The standard InChI is InChI=1S/C21H22N4O2S/c1-13-6-7-17-15(10-13)11-16(19(22-17)24-8-4-3-5-9-24)12-18-20(27)23-21(28)25(18)14(2)26/h6-7,10-12H,3-5,8-9H2,1-2H3,(H,23,27,28)/b18-12-. The average Bonchev–Trinajstić information content (AvgIpc) is 2.95. The average molecular weight is 395 g/mol. The molecular formula is C21H22N4O2S. The summed E-state index contributed by atoms with van der Waals surface area (Å²) in [5.41, 5.74) is 3.12. The maximum absolute atomic E-state index is 12.4. The van der Waals surface area contributed by atoms with Gasteiger partial charge in [0.2, 0.25) is 5.91 Å². The van der Waals surface area contributed by atoms with Crippen molar-refractivity contribution in [2.75, 3.05) is 18.0 Å². The number of hydrogen-bond donors (Lipinski definition) is 1. The number of pyridine rings is 1. The molecule has 2 aliphatic rings. The molecule has 28 heavy (non-hydrogen) atoms. The molecule has 2 aliphatic heterocycles. The second-order valence-corrected chi connectivity index (χ2v) is 7.68. The third kappa shape index (κ3) is 3.38. The highest BCUT2D eigenvalue weighted by atomic mass is 32.1. The zero-order valence-electron chi connectivity index (χ0n) is 16.0. The monoisotopic (exact) mass is 394 g/mol. The van der Waals surface area contributed by atoms with E-state index in [9.17, 15) is 9.59 Å². The van der Waals surface area contributed by atoms with Crippen LogP contribution in [0.2, 0.25) is 0 Å². The van der Waals surface area contributed by atoms with Gasteiger partial charge in [-0.15, -0.1) is 0 Å². The summed E-state index contributed by atoms with van der Waals surface area (Å²) in [7, 11) is 0. The van der Waals surface area contributed by atoms with Crippen molar-refractivity contribution in [1.29, 1.82) is 0 Å². The van der Waals surface area contributed by atoms with Crippen LogP contribution in [0.5, 0.6) is 0 Å². The minimum absolute atomic E-state index is 0.118. The van der Waals surface area contributed by atoms with Crippen molar-refractivity contribution < 1.29 is 9.59 Å². The van der Waals surface area contributed by atoms with Crippen molar-refractivity contribution in [1.82, 2.24) is 15.2 Å². The predicted molar refractivity (Wildman–Crippen MR) is 114 cm³/mol. The molecule has 0 atom stereocenters. The number of piperidine rings is 1. The molecule has 1 aromatic carbocycles. The second-order valence-electron chi connectivity index (χ2n) is 7.29. The first-order valence-corrected chi connectivity index (χ1v) is 9.89. The summed E-state index contributed by atoms with van der Waals surface area (Å²) in [5.74, 6) is 0.186. The van der Waals surface area contributed by atoms with Crippen LogP contribution in [0.3, 0.4) is 0 Å². The quantitative estimate of drug-likeness (QED) is 0.626.